The van der Waals surface area contributed by atoms with Crippen LogP contribution in [0.25, 0.3) is 44.7 Å². The Bertz CT molecular complexity index is 2170. The molecule has 3 aliphatic rings. The Morgan fingerprint density at radius 1 is 0.736 bits per heavy atom. The second-order valence-electron chi connectivity index (χ2n) is 16.5. The number of H-pyrrole nitrogens is 2. The summed E-state index contributed by atoms with van der Waals surface area (Å²) in [6, 6.07) is 14.6. The van der Waals surface area contributed by atoms with Crippen molar-refractivity contribution in [1.29, 1.82) is 0 Å². The third-order valence-electron chi connectivity index (χ3n) is 10.2. The smallest absolute Gasteiger partial charge is 0.410 e. The Hall–Kier alpha value is -5.26. The molecule has 2 fully saturated rings. The maximum atomic E-state index is 13.2. The highest BCUT2D eigenvalue weighted by atomic mass is 16.6. The van der Waals surface area contributed by atoms with Gasteiger partial charge in [0.25, 0.3) is 0 Å². The molecule has 2 atom stereocenters. The van der Waals surface area contributed by atoms with Crippen molar-refractivity contribution in [2.24, 2.45) is 0 Å². The zero-order valence-electron chi connectivity index (χ0n) is 31.5. The van der Waals surface area contributed by atoms with E-state index < -0.39 is 11.2 Å². The van der Waals surface area contributed by atoms with Gasteiger partial charge in [-0.3, -0.25) is 9.80 Å². The van der Waals surface area contributed by atoms with Crippen LogP contribution in [0.1, 0.15) is 104 Å². The van der Waals surface area contributed by atoms with Gasteiger partial charge in [-0.15, -0.1) is 0 Å². The predicted molar refractivity (Wildman–Crippen MR) is 202 cm³/mol. The van der Waals surface area contributed by atoms with E-state index in [2.05, 4.69) is 57.0 Å². The van der Waals surface area contributed by atoms with Crippen molar-refractivity contribution in [1.82, 2.24) is 34.3 Å². The SMILES string of the molecule is CC(C)(C)OC(=O)N1CCCCC[C@H]1c1ncc(-c2ccc3c(c2)OCn2c-3cc3cc(-c4cnc([C@@H]5CCCN5C(=O)OC(C)(C)C)[nH]4)ccc32)[nH]1. The van der Waals surface area contributed by atoms with Crippen LogP contribution >= 0.6 is 0 Å². The van der Waals surface area contributed by atoms with E-state index in [4.69, 9.17) is 24.2 Å². The van der Waals surface area contributed by atoms with Gasteiger partial charge in [0.2, 0.25) is 0 Å². The molecule has 0 radical (unpaired) electrons. The molecule has 3 aliphatic heterocycles. The fourth-order valence-corrected chi connectivity index (χ4v) is 7.78. The summed E-state index contributed by atoms with van der Waals surface area (Å²) in [6.45, 7) is 13.1. The van der Waals surface area contributed by atoms with E-state index in [1.807, 2.05) is 58.8 Å². The molecule has 12 nitrogen and oxygen atoms in total. The zero-order valence-corrected chi connectivity index (χ0v) is 31.5. The van der Waals surface area contributed by atoms with E-state index in [9.17, 15) is 9.59 Å². The van der Waals surface area contributed by atoms with Gasteiger partial charge >= 0.3 is 12.2 Å². The number of hydrogen-bond acceptors (Lipinski definition) is 7. The van der Waals surface area contributed by atoms with Gasteiger partial charge in [-0.25, -0.2) is 19.6 Å². The summed E-state index contributed by atoms with van der Waals surface area (Å²) in [7, 11) is 0. The topological polar surface area (TPSA) is 131 Å². The summed E-state index contributed by atoms with van der Waals surface area (Å²) in [5.41, 5.74) is 5.84. The minimum atomic E-state index is -0.563. The lowest BCUT2D eigenvalue weighted by Crippen LogP contribution is -2.39. The highest BCUT2D eigenvalue weighted by Crippen LogP contribution is 2.42. The van der Waals surface area contributed by atoms with E-state index in [0.717, 1.165) is 101 Å². The number of amides is 2. The van der Waals surface area contributed by atoms with Crippen LogP contribution in [0.15, 0.2) is 54.9 Å². The third kappa shape index (κ3) is 6.98. The summed E-state index contributed by atoms with van der Waals surface area (Å²) in [5.74, 6) is 2.36. The Morgan fingerprint density at radius 2 is 1.32 bits per heavy atom. The zero-order chi connectivity index (χ0) is 37.1. The molecule has 0 spiro atoms. The molecule has 3 aromatic heterocycles. The molecule has 2 amide bonds. The molecule has 0 saturated carbocycles. The minimum Gasteiger partial charge on any atom is -0.472 e. The fourth-order valence-electron chi connectivity index (χ4n) is 7.78. The quantitative estimate of drug-likeness (QED) is 0.189. The number of nitrogens with one attached hydrogen (secondary N) is 2. The highest BCUT2D eigenvalue weighted by molar-refractivity contribution is 5.92. The summed E-state index contributed by atoms with van der Waals surface area (Å²) in [6.07, 6.45) is 8.73. The van der Waals surface area contributed by atoms with Gasteiger partial charge < -0.3 is 28.7 Å². The Balaban J connectivity index is 1.02. The second kappa shape index (κ2) is 13.3. The molecule has 2 aromatic carbocycles. The van der Waals surface area contributed by atoms with Gasteiger partial charge in [0.1, 0.15) is 28.6 Å². The lowest BCUT2D eigenvalue weighted by molar-refractivity contribution is 0.0154. The van der Waals surface area contributed by atoms with E-state index >= 15 is 0 Å². The number of rotatable bonds is 4. The molecule has 2 saturated heterocycles. The lowest BCUT2D eigenvalue weighted by atomic mass is 10.0. The van der Waals surface area contributed by atoms with E-state index in [1.165, 1.54) is 0 Å². The number of benzene rings is 2. The maximum Gasteiger partial charge on any atom is 0.410 e. The molecule has 278 valence electrons. The van der Waals surface area contributed by atoms with Gasteiger partial charge in [0, 0.05) is 35.2 Å². The molecule has 5 aromatic rings. The number of carbonyl (C=O) groups excluding carboxylic acids is 2. The van der Waals surface area contributed by atoms with Crippen LogP contribution < -0.4 is 4.74 Å². The van der Waals surface area contributed by atoms with E-state index in [0.29, 0.717) is 19.8 Å². The van der Waals surface area contributed by atoms with Gasteiger partial charge in [-0.1, -0.05) is 25.0 Å². The van der Waals surface area contributed by atoms with Crippen LogP contribution in [-0.4, -0.2) is 70.8 Å². The second-order valence-corrected chi connectivity index (χ2v) is 16.5. The molecular formula is C41H49N7O5. The molecule has 2 N–H and O–H groups in total. The molecule has 0 bridgehead atoms. The van der Waals surface area contributed by atoms with Crippen LogP contribution in [-0.2, 0) is 16.2 Å². The first-order valence-corrected chi connectivity index (χ1v) is 18.8. The Labute approximate surface area is 309 Å². The standard InChI is InChI=1S/C41H49N7O5/c1-40(2,3)52-38(49)46-17-9-7-8-11-32(46)36-43-23-30(45-36)26-13-15-28-34-20-27-19-25(14-16-31(27)48(34)24-51-35(28)21-26)29-22-42-37(44-29)33-12-10-18-47(33)39(50)53-41(4,5)6/h13-16,19-23,32-33H,7-12,17-18,24H2,1-6H3,(H,42,44)(H,43,45)/t32-,33-/m0/s1. The predicted octanol–water partition coefficient (Wildman–Crippen LogP) is 9.36. The van der Waals surface area contributed by atoms with Crippen molar-refractivity contribution < 1.29 is 23.8 Å². The summed E-state index contributed by atoms with van der Waals surface area (Å²) in [5, 5.41) is 1.10. The largest absolute Gasteiger partial charge is 0.472 e. The number of aromatic amines is 2. The fraction of sp³-hybridized carbons (Fsp3) is 0.463. The summed E-state index contributed by atoms with van der Waals surface area (Å²) < 4.78 is 20.0. The molecule has 0 aliphatic carbocycles. The van der Waals surface area contributed by atoms with Gasteiger partial charge in [0.05, 0.1) is 47.1 Å². The lowest BCUT2D eigenvalue weighted by Gasteiger charge is -2.31. The Morgan fingerprint density at radius 3 is 1.96 bits per heavy atom. The molecule has 8 rings (SSSR count). The van der Waals surface area contributed by atoms with Crippen molar-refractivity contribution in [2.75, 3.05) is 13.1 Å². The van der Waals surface area contributed by atoms with Crippen LogP contribution in [0.4, 0.5) is 9.59 Å². The molecule has 53 heavy (non-hydrogen) atoms. The molecular weight excluding hydrogens is 670 g/mol. The first kappa shape index (κ1) is 34.8. The average molecular weight is 720 g/mol. The van der Waals surface area contributed by atoms with Crippen molar-refractivity contribution in [2.45, 2.75) is 110 Å². The number of likely N-dealkylation sites (tertiary alicyclic amines) is 2. The van der Waals surface area contributed by atoms with Crippen molar-refractivity contribution in [3.05, 3.63) is 66.5 Å². The van der Waals surface area contributed by atoms with E-state index in [-0.39, 0.29) is 24.3 Å². The van der Waals surface area contributed by atoms with Crippen LogP contribution in [0.3, 0.4) is 0 Å². The van der Waals surface area contributed by atoms with E-state index in [1.54, 1.807) is 4.90 Å². The first-order chi connectivity index (χ1) is 25.3. The summed E-state index contributed by atoms with van der Waals surface area (Å²) in [4.78, 5) is 46.2. The van der Waals surface area contributed by atoms with Crippen LogP contribution in [0.5, 0.6) is 5.75 Å². The molecule has 0 unspecified atom stereocenters. The van der Waals surface area contributed by atoms with Crippen LogP contribution in [0, 0.1) is 0 Å². The first-order valence-electron chi connectivity index (χ1n) is 18.8. The average Bonchev–Trinajstić information content (AvgIpc) is 3.90. The van der Waals surface area contributed by atoms with Crippen LogP contribution in [0.2, 0.25) is 0 Å². The third-order valence-corrected chi connectivity index (χ3v) is 10.2. The summed E-state index contributed by atoms with van der Waals surface area (Å²) >= 11 is 0. The highest BCUT2D eigenvalue weighted by Gasteiger charge is 2.35. The van der Waals surface area contributed by atoms with Gasteiger partial charge in [0.15, 0.2) is 6.73 Å². The number of carbonyl (C=O) groups is 2. The normalized spacial score (nSPS) is 19.1. The van der Waals surface area contributed by atoms with Gasteiger partial charge in [-0.2, -0.15) is 0 Å². The van der Waals surface area contributed by atoms with Crippen molar-refractivity contribution in [3.63, 3.8) is 0 Å². The van der Waals surface area contributed by atoms with Crippen molar-refractivity contribution in [3.8, 4) is 39.5 Å². The maximum absolute atomic E-state index is 13.2. The number of fused-ring (bicyclic) bond motifs is 5. The number of ether oxygens (including phenoxy) is 3. The number of hydrogen-bond donors (Lipinski definition) is 2. The number of aromatic nitrogens is 5. The molecule has 6 heterocycles. The Kier molecular flexibility index (Phi) is 8.74. The monoisotopic (exact) mass is 719 g/mol. The van der Waals surface area contributed by atoms with Crippen molar-refractivity contribution >= 4 is 23.1 Å². The molecule has 12 heteroatoms. The van der Waals surface area contributed by atoms with Gasteiger partial charge in [-0.05, 0) is 97.6 Å². The number of imidazole rings is 2. The number of nitrogens with zero attached hydrogens (tertiary/aromatic N) is 5. The minimum absolute atomic E-state index is 0.139.